The number of rotatable bonds is 8. The first-order valence-corrected chi connectivity index (χ1v) is 4.85. The molecule has 0 radical (unpaired) electrons. The van der Waals surface area contributed by atoms with Gasteiger partial charge in [0.2, 0.25) is 0 Å². The van der Waals surface area contributed by atoms with Gasteiger partial charge < -0.3 is 9.64 Å². The lowest BCUT2D eigenvalue weighted by Gasteiger charge is -2.18. The Labute approximate surface area is 81.6 Å². The van der Waals surface area contributed by atoms with Crippen LogP contribution in [0.3, 0.4) is 0 Å². The molecule has 0 aliphatic carbocycles. The van der Waals surface area contributed by atoms with Crippen molar-refractivity contribution in [2.75, 3.05) is 40.8 Å². The minimum atomic E-state index is -0.00726. The second-order valence-corrected chi connectivity index (χ2v) is 3.28. The molecule has 0 heterocycles. The molecule has 0 aromatic carbocycles. The summed E-state index contributed by atoms with van der Waals surface area (Å²) in [6.45, 7) is 5.06. The highest BCUT2D eigenvalue weighted by Crippen LogP contribution is 1.83. The van der Waals surface area contributed by atoms with Crippen molar-refractivity contribution < 1.29 is 4.74 Å². The topological polar surface area (TPSA) is 36.5 Å². The van der Waals surface area contributed by atoms with Crippen molar-refractivity contribution in [2.45, 2.75) is 19.7 Å². The van der Waals surface area contributed by atoms with Crippen LogP contribution in [0.1, 0.15) is 13.3 Å². The van der Waals surface area contributed by atoms with Gasteiger partial charge in [-0.1, -0.05) is 6.92 Å². The van der Waals surface area contributed by atoms with E-state index in [0.29, 0.717) is 0 Å². The van der Waals surface area contributed by atoms with Crippen LogP contribution in [-0.2, 0) is 4.74 Å². The number of nitrogens with zero attached hydrogens (tertiary/aromatic N) is 1. The fraction of sp³-hybridized carbons (Fsp3) is 1.00. The maximum absolute atomic E-state index is 5.16. The van der Waals surface area contributed by atoms with Crippen molar-refractivity contribution in [3.8, 4) is 0 Å². The first-order chi connectivity index (χ1) is 6.20. The van der Waals surface area contributed by atoms with Crippen LogP contribution in [0.15, 0.2) is 0 Å². The van der Waals surface area contributed by atoms with Crippen molar-refractivity contribution in [2.24, 2.45) is 0 Å². The lowest BCUT2D eigenvalue weighted by molar-refractivity contribution is 0.0471. The smallest absolute Gasteiger partial charge is 0.163 e. The van der Waals surface area contributed by atoms with E-state index in [2.05, 4.69) is 36.6 Å². The van der Waals surface area contributed by atoms with E-state index < -0.39 is 0 Å². The molecule has 1 unspecified atom stereocenters. The Morgan fingerprint density at radius 1 is 1.31 bits per heavy atom. The van der Waals surface area contributed by atoms with Gasteiger partial charge in [-0.2, -0.15) is 0 Å². The van der Waals surface area contributed by atoms with Crippen LogP contribution in [0.4, 0.5) is 0 Å². The average Bonchev–Trinajstić information content (AvgIpc) is 2.10. The Bertz CT molecular complexity index is 109. The minimum absolute atomic E-state index is 0.00726. The summed E-state index contributed by atoms with van der Waals surface area (Å²) in [4.78, 5) is 2.18. The standard InChI is InChI=1S/C9H23N3O/c1-5-10-9(13-4)11-7-6-8-12(2)3/h9-11H,5-8H2,1-4H3. The average molecular weight is 189 g/mol. The van der Waals surface area contributed by atoms with E-state index in [1.54, 1.807) is 7.11 Å². The molecule has 0 saturated carbocycles. The van der Waals surface area contributed by atoms with Gasteiger partial charge in [0.25, 0.3) is 0 Å². The molecular formula is C9H23N3O. The van der Waals surface area contributed by atoms with Crippen LogP contribution < -0.4 is 10.6 Å². The summed E-state index contributed by atoms with van der Waals surface area (Å²) in [6, 6.07) is 0. The van der Waals surface area contributed by atoms with E-state index in [-0.39, 0.29) is 6.35 Å². The van der Waals surface area contributed by atoms with Gasteiger partial charge in [-0.3, -0.25) is 10.6 Å². The second-order valence-electron chi connectivity index (χ2n) is 3.28. The molecule has 1 atom stereocenters. The molecule has 13 heavy (non-hydrogen) atoms. The maximum Gasteiger partial charge on any atom is 0.163 e. The molecule has 4 heteroatoms. The molecule has 0 aliphatic heterocycles. The maximum atomic E-state index is 5.16. The summed E-state index contributed by atoms with van der Waals surface area (Å²) in [5, 5.41) is 6.44. The van der Waals surface area contributed by atoms with E-state index in [1.165, 1.54) is 0 Å². The van der Waals surface area contributed by atoms with E-state index in [0.717, 1.165) is 26.1 Å². The van der Waals surface area contributed by atoms with Crippen LogP contribution in [-0.4, -0.2) is 52.1 Å². The lowest BCUT2D eigenvalue weighted by Crippen LogP contribution is -2.44. The van der Waals surface area contributed by atoms with E-state index in [9.17, 15) is 0 Å². The van der Waals surface area contributed by atoms with E-state index in [4.69, 9.17) is 4.74 Å². The van der Waals surface area contributed by atoms with Gasteiger partial charge in [0, 0.05) is 7.11 Å². The van der Waals surface area contributed by atoms with Gasteiger partial charge >= 0.3 is 0 Å². The molecule has 80 valence electrons. The predicted octanol–water partition coefficient (Wildman–Crippen LogP) is 0.0672. The molecule has 0 aliphatic rings. The molecule has 0 saturated heterocycles. The van der Waals surface area contributed by atoms with E-state index in [1.807, 2.05) is 0 Å². The number of ether oxygens (including phenoxy) is 1. The monoisotopic (exact) mass is 189 g/mol. The fourth-order valence-electron chi connectivity index (χ4n) is 1.05. The van der Waals surface area contributed by atoms with Crippen molar-refractivity contribution in [3.63, 3.8) is 0 Å². The number of nitrogens with one attached hydrogen (secondary N) is 2. The van der Waals surface area contributed by atoms with Gasteiger partial charge in [-0.05, 0) is 40.2 Å². The zero-order valence-corrected chi connectivity index (χ0v) is 9.26. The Kier molecular flexibility index (Phi) is 8.33. The summed E-state index contributed by atoms with van der Waals surface area (Å²) in [7, 11) is 5.86. The predicted molar refractivity (Wildman–Crippen MR) is 55.6 cm³/mol. The first kappa shape index (κ1) is 12.8. The van der Waals surface area contributed by atoms with Crippen molar-refractivity contribution >= 4 is 0 Å². The largest absolute Gasteiger partial charge is 0.353 e. The third-order valence-electron chi connectivity index (χ3n) is 1.74. The molecule has 0 rings (SSSR count). The van der Waals surface area contributed by atoms with Crippen molar-refractivity contribution in [3.05, 3.63) is 0 Å². The van der Waals surface area contributed by atoms with Gasteiger partial charge in [-0.25, -0.2) is 0 Å². The Balaban J connectivity index is 3.27. The highest BCUT2D eigenvalue weighted by Gasteiger charge is 2.01. The minimum Gasteiger partial charge on any atom is -0.353 e. The molecule has 0 aromatic heterocycles. The highest BCUT2D eigenvalue weighted by atomic mass is 16.5. The summed E-state index contributed by atoms with van der Waals surface area (Å²) in [5.74, 6) is 0. The normalized spacial score (nSPS) is 13.6. The Morgan fingerprint density at radius 2 is 2.00 bits per heavy atom. The highest BCUT2D eigenvalue weighted by molar-refractivity contribution is 4.53. The SMILES string of the molecule is CCNC(NCCCN(C)C)OC. The van der Waals surface area contributed by atoms with Crippen LogP contribution in [0.25, 0.3) is 0 Å². The third-order valence-corrected chi connectivity index (χ3v) is 1.74. The summed E-state index contributed by atoms with van der Waals surface area (Å²) in [6.07, 6.45) is 1.13. The number of methoxy groups -OCH3 is 1. The molecule has 0 amide bonds. The van der Waals surface area contributed by atoms with E-state index >= 15 is 0 Å². The zero-order valence-electron chi connectivity index (χ0n) is 9.26. The molecular weight excluding hydrogens is 166 g/mol. The van der Waals surface area contributed by atoms with Gasteiger partial charge in [0.05, 0.1) is 0 Å². The molecule has 2 N–H and O–H groups in total. The second kappa shape index (κ2) is 8.44. The number of hydrogen-bond acceptors (Lipinski definition) is 4. The van der Waals surface area contributed by atoms with Crippen LogP contribution in [0.5, 0.6) is 0 Å². The van der Waals surface area contributed by atoms with Gasteiger partial charge in [0.1, 0.15) is 0 Å². The fourth-order valence-corrected chi connectivity index (χ4v) is 1.05. The zero-order chi connectivity index (χ0) is 10.1. The van der Waals surface area contributed by atoms with Crippen LogP contribution in [0.2, 0.25) is 0 Å². The molecule has 0 bridgehead atoms. The number of hydrogen-bond donors (Lipinski definition) is 2. The van der Waals surface area contributed by atoms with Crippen LogP contribution >= 0.6 is 0 Å². The van der Waals surface area contributed by atoms with Crippen LogP contribution in [0, 0.1) is 0 Å². The molecule has 4 nitrogen and oxygen atoms in total. The van der Waals surface area contributed by atoms with Crippen molar-refractivity contribution in [1.29, 1.82) is 0 Å². The van der Waals surface area contributed by atoms with Gasteiger partial charge in [-0.15, -0.1) is 0 Å². The summed E-state index contributed by atoms with van der Waals surface area (Å²) in [5.41, 5.74) is 0. The molecule has 0 fully saturated rings. The third kappa shape index (κ3) is 8.18. The Morgan fingerprint density at radius 3 is 2.46 bits per heavy atom. The van der Waals surface area contributed by atoms with Gasteiger partial charge in [0.15, 0.2) is 6.35 Å². The summed E-state index contributed by atoms with van der Waals surface area (Å²) >= 11 is 0. The first-order valence-electron chi connectivity index (χ1n) is 4.85. The quantitative estimate of drug-likeness (QED) is 0.418. The summed E-state index contributed by atoms with van der Waals surface area (Å²) < 4.78 is 5.16. The lowest BCUT2D eigenvalue weighted by atomic mass is 10.4. The molecule has 0 aromatic rings. The Hall–Kier alpha value is -0.160. The molecule has 0 spiro atoms. The van der Waals surface area contributed by atoms with Crippen molar-refractivity contribution in [1.82, 2.24) is 15.5 Å².